The molecule has 0 unspecified atom stereocenters. The smallest absolute Gasteiger partial charge is 0.410 e. The lowest BCUT2D eigenvalue weighted by molar-refractivity contribution is -0.274. The summed E-state index contributed by atoms with van der Waals surface area (Å²) in [6.45, 7) is 19.7. The molecule has 37 heavy (non-hydrogen) atoms. The van der Waals surface area contributed by atoms with Crippen LogP contribution in [0.25, 0.3) is 0 Å². The lowest BCUT2D eigenvalue weighted by Crippen LogP contribution is -2.44. The van der Waals surface area contributed by atoms with Crippen molar-refractivity contribution in [2.24, 2.45) is 5.41 Å². The van der Waals surface area contributed by atoms with Gasteiger partial charge in [0.15, 0.2) is 8.32 Å². The van der Waals surface area contributed by atoms with Crippen molar-refractivity contribution in [1.82, 2.24) is 4.98 Å². The number of hydrogen-bond acceptors (Lipinski definition) is 4. The lowest BCUT2D eigenvalue weighted by Gasteiger charge is -2.44. The molecule has 206 valence electrons. The molecule has 1 aromatic heterocycles. The van der Waals surface area contributed by atoms with Gasteiger partial charge in [0.05, 0.1) is 11.8 Å². The van der Waals surface area contributed by atoms with E-state index in [1.165, 1.54) is 24.3 Å². The van der Waals surface area contributed by atoms with Crippen molar-refractivity contribution in [3.8, 4) is 5.75 Å². The standard InChI is InChI=1S/C28H39F3INO3Si/c1-16(2)24-22(25(34)17-10-12-18(13-11-17)35-28(29,30)31)23(32)21-19(33-24)14-27(6,7)15-20(21)36-37(8,9)26(3,4)5/h10-13,16,20,25,34H,14-15H2,1-9H3/t20-,25+/m0/s1. The van der Waals surface area contributed by atoms with Crippen LogP contribution in [-0.4, -0.2) is 24.8 Å². The predicted octanol–water partition coefficient (Wildman–Crippen LogP) is 8.83. The summed E-state index contributed by atoms with van der Waals surface area (Å²) in [7, 11) is -2.12. The van der Waals surface area contributed by atoms with Gasteiger partial charge in [0.25, 0.3) is 0 Å². The number of nitrogens with zero attached hydrogens (tertiary/aromatic N) is 1. The molecule has 4 nitrogen and oxygen atoms in total. The molecule has 1 aromatic carbocycles. The Balaban J connectivity index is 2.13. The number of aliphatic hydroxyl groups excluding tert-OH is 1. The van der Waals surface area contributed by atoms with Crippen LogP contribution < -0.4 is 4.74 Å². The molecular formula is C28H39F3INO3Si. The first-order chi connectivity index (χ1) is 16.7. The summed E-state index contributed by atoms with van der Waals surface area (Å²) >= 11 is 2.31. The fraction of sp³-hybridized carbons (Fsp3) is 0.607. The third-order valence-corrected chi connectivity index (χ3v) is 13.2. The largest absolute Gasteiger partial charge is 0.573 e. The highest BCUT2D eigenvalue weighted by atomic mass is 127. The van der Waals surface area contributed by atoms with Crippen LogP contribution >= 0.6 is 22.6 Å². The van der Waals surface area contributed by atoms with Crippen molar-refractivity contribution < 1.29 is 27.4 Å². The van der Waals surface area contributed by atoms with Gasteiger partial charge in [-0.15, -0.1) is 13.2 Å². The molecule has 2 atom stereocenters. The van der Waals surface area contributed by atoms with Gasteiger partial charge in [-0.2, -0.15) is 0 Å². The second kappa shape index (κ2) is 10.4. The van der Waals surface area contributed by atoms with Crippen LogP contribution in [0.3, 0.4) is 0 Å². The highest BCUT2D eigenvalue weighted by Gasteiger charge is 2.44. The Hall–Kier alpha value is -1.17. The van der Waals surface area contributed by atoms with E-state index in [1.54, 1.807) is 0 Å². The molecule has 9 heteroatoms. The molecule has 0 bridgehead atoms. The van der Waals surface area contributed by atoms with Crippen molar-refractivity contribution in [1.29, 1.82) is 0 Å². The number of alkyl halides is 3. The van der Waals surface area contributed by atoms with Crippen LogP contribution in [0.2, 0.25) is 18.1 Å². The second-order valence-corrected chi connectivity index (χ2v) is 18.5. The van der Waals surface area contributed by atoms with Crippen LogP contribution in [-0.2, 0) is 10.8 Å². The quantitative estimate of drug-likeness (QED) is 0.251. The van der Waals surface area contributed by atoms with E-state index in [0.717, 1.165) is 33.4 Å². The fourth-order valence-electron chi connectivity index (χ4n) is 4.59. The minimum absolute atomic E-state index is 0.0127. The summed E-state index contributed by atoms with van der Waals surface area (Å²) in [5.74, 6) is -0.281. The number of hydrogen-bond donors (Lipinski definition) is 1. The van der Waals surface area contributed by atoms with Gasteiger partial charge in [-0.05, 0) is 82.6 Å². The van der Waals surface area contributed by atoms with Gasteiger partial charge in [-0.3, -0.25) is 4.98 Å². The maximum absolute atomic E-state index is 12.6. The van der Waals surface area contributed by atoms with Crippen LogP contribution in [0.5, 0.6) is 5.75 Å². The Kier molecular flexibility index (Phi) is 8.56. The zero-order valence-electron chi connectivity index (χ0n) is 23.2. The molecule has 1 aliphatic rings. The molecule has 3 rings (SSSR count). The van der Waals surface area contributed by atoms with E-state index in [0.29, 0.717) is 11.1 Å². The zero-order valence-corrected chi connectivity index (χ0v) is 26.3. The summed E-state index contributed by atoms with van der Waals surface area (Å²) < 4.78 is 49.7. The summed E-state index contributed by atoms with van der Waals surface area (Å²) in [6, 6.07) is 5.40. The van der Waals surface area contributed by atoms with Gasteiger partial charge in [0.2, 0.25) is 0 Å². The van der Waals surface area contributed by atoms with Crippen molar-refractivity contribution in [3.63, 3.8) is 0 Å². The molecule has 0 radical (unpaired) electrons. The molecule has 1 heterocycles. The van der Waals surface area contributed by atoms with Crippen LogP contribution in [0.15, 0.2) is 24.3 Å². The van der Waals surface area contributed by atoms with Crippen LogP contribution in [0.1, 0.15) is 101 Å². The van der Waals surface area contributed by atoms with Crippen molar-refractivity contribution in [2.45, 2.75) is 104 Å². The molecule has 0 aliphatic heterocycles. The van der Waals surface area contributed by atoms with E-state index in [2.05, 4.69) is 75.0 Å². The van der Waals surface area contributed by atoms with Gasteiger partial charge in [-0.25, -0.2) is 0 Å². The highest BCUT2D eigenvalue weighted by molar-refractivity contribution is 14.1. The molecule has 2 aromatic rings. The van der Waals surface area contributed by atoms with Crippen molar-refractivity contribution in [2.75, 3.05) is 0 Å². The Morgan fingerprint density at radius 1 is 1.11 bits per heavy atom. The lowest BCUT2D eigenvalue weighted by atomic mass is 9.74. The third-order valence-electron chi connectivity index (χ3n) is 7.51. The van der Waals surface area contributed by atoms with Crippen LogP contribution in [0.4, 0.5) is 13.2 Å². The summed E-state index contributed by atoms with van der Waals surface area (Å²) in [5.41, 5.74) is 4.04. The number of aliphatic hydroxyl groups is 1. The topological polar surface area (TPSA) is 51.6 Å². The minimum Gasteiger partial charge on any atom is -0.410 e. The number of aromatic nitrogens is 1. The minimum atomic E-state index is -4.77. The summed E-state index contributed by atoms with van der Waals surface area (Å²) in [5, 5.41) is 11.6. The van der Waals surface area contributed by atoms with E-state index in [9.17, 15) is 18.3 Å². The predicted molar refractivity (Wildman–Crippen MR) is 151 cm³/mol. The number of ether oxygens (including phenoxy) is 1. The third kappa shape index (κ3) is 6.89. The second-order valence-electron chi connectivity index (χ2n) is 12.7. The average Bonchev–Trinajstić information content (AvgIpc) is 2.70. The zero-order chi connectivity index (χ0) is 28.1. The Bertz CT molecular complexity index is 1130. The first-order valence-electron chi connectivity index (χ1n) is 12.7. The number of fused-ring (bicyclic) bond motifs is 1. The first-order valence-corrected chi connectivity index (χ1v) is 16.6. The Labute approximate surface area is 233 Å². The van der Waals surface area contributed by atoms with E-state index >= 15 is 0 Å². The van der Waals surface area contributed by atoms with Crippen molar-refractivity contribution in [3.05, 3.63) is 55.9 Å². The summed E-state index contributed by atoms with van der Waals surface area (Å²) in [4.78, 5) is 5.12. The van der Waals surface area contributed by atoms with E-state index in [-0.39, 0.29) is 28.2 Å². The normalized spacial score (nSPS) is 19.1. The molecular weight excluding hydrogens is 610 g/mol. The maximum Gasteiger partial charge on any atom is 0.573 e. The molecule has 1 N–H and O–H groups in total. The first kappa shape index (κ1) is 30.4. The molecule has 0 amide bonds. The summed E-state index contributed by atoms with van der Waals surface area (Å²) in [6.07, 6.45) is -4.30. The van der Waals surface area contributed by atoms with Crippen LogP contribution in [0, 0.1) is 8.99 Å². The van der Waals surface area contributed by atoms with E-state index in [1.807, 2.05) is 13.8 Å². The van der Waals surface area contributed by atoms with Gasteiger partial charge < -0.3 is 14.3 Å². The van der Waals surface area contributed by atoms with Gasteiger partial charge in [0, 0.05) is 20.4 Å². The van der Waals surface area contributed by atoms with E-state index < -0.39 is 20.8 Å². The Morgan fingerprint density at radius 3 is 2.16 bits per heavy atom. The van der Waals surface area contributed by atoms with Gasteiger partial charge in [0.1, 0.15) is 11.9 Å². The molecule has 0 fully saturated rings. The SMILES string of the molecule is CC(C)c1nc2c(c(I)c1[C@H](O)c1ccc(OC(F)(F)F)cc1)[C@@H](O[Si](C)(C)C(C)(C)C)CC(C)(C)C2. The molecule has 0 saturated carbocycles. The maximum atomic E-state index is 12.6. The molecule has 0 saturated heterocycles. The van der Waals surface area contributed by atoms with Gasteiger partial charge >= 0.3 is 6.36 Å². The fourth-order valence-corrected chi connectivity index (χ4v) is 7.09. The average molecular weight is 650 g/mol. The monoisotopic (exact) mass is 649 g/mol. The number of rotatable bonds is 6. The number of halogens is 4. The molecule has 1 aliphatic carbocycles. The van der Waals surface area contributed by atoms with Gasteiger partial charge in [-0.1, -0.05) is 60.6 Å². The highest BCUT2D eigenvalue weighted by Crippen LogP contribution is 2.50. The molecule has 0 spiro atoms. The number of benzene rings is 1. The van der Waals surface area contributed by atoms with E-state index in [4.69, 9.17) is 9.41 Å². The number of pyridine rings is 1. The Morgan fingerprint density at radius 2 is 1.68 bits per heavy atom. The van der Waals surface area contributed by atoms with Crippen molar-refractivity contribution >= 4 is 30.9 Å².